The van der Waals surface area contributed by atoms with Crippen molar-refractivity contribution in [2.45, 2.75) is 43.4 Å². The van der Waals surface area contributed by atoms with E-state index in [-0.39, 0.29) is 10.8 Å². The molecular formula is C26H30N4S. The molecule has 0 saturated carbocycles. The van der Waals surface area contributed by atoms with Crippen molar-refractivity contribution in [1.29, 1.82) is 0 Å². The van der Waals surface area contributed by atoms with Gasteiger partial charge in [-0.05, 0) is 44.9 Å². The first kappa shape index (κ1) is 21.4. The molecule has 0 aliphatic rings. The minimum absolute atomic E-state index is 0.206. The summed E-state index contributed by atoms with van der Waals surface area (Å²) in [4.78, 5) is 10.6. The van der Waals surface area contributed by atoms with Crippen molar-refractivity contribution < 1.29 is 0 Å². The fraction of sp³-hybridized carbons (Fsp3) is 0.308. The number of imidazole rings is 2. The van der Waals surface area contributed by atoms with Crippen LogP contribution in [0.4, 0.5) is 0 Å². The van der Waals surface area contributed by atoms with Gasteiger partial charge in [0.25, 0.3) is 0 Å². The van der Waals surface area contributed by atoms with E-state index in [0.717, 1.165) is 27.8 Å². The fourth-order valence-corrected chi connectivity index (χ4v) is 4.66. The van der Waals surface area contributed by atoms with E-state index in [4.69, 9.17) is 4.98 Å². The Hall–Kier alpha value is -2.79. The molecular weight excluding hydrogens is 400 g/mol. The van der Waals surface area contributed by atoms with Gasteiger partial charge in [-0.25, -0.2) is 9.97 Å². The van der Waals surface area contributed by atoms with Crippen LogP contribution in [0.5, 0.6) is 0 Å². The summed E-state index contributed by atoms with van der Waals surface area (Å²) < 4.78 is 4.23. The van der Waals surface area contributed by atoms with Gasteiger partial charge in [0, 0.05) is 54.0 Å². The van der Waals surface area contributed by atoms with Crippen molar-refractivity contribution in [3.8, 4) is 11.3 Å². The van der Waals surface area contributed by atoms with Crippen molar-refractivity contribution in [1.82, 2.24) is 19.1 Å². The Balaban J connectivity index is 1.76. The zero-order valence-corrected chi connectivity index (χ0v) is 20.0. The standard InChI is InChI=1S/C26H30N4S/c1-25(2,23-27-14-15-29(23)5)18-10-9-11-19(16-18)26(3,4)24-28-21(17-30(24)6)20-12-7-8-13-22(20)31/h7-17,31H,1-6H3. The van der Waals surface area contributed by atoms with Crippen LogP contribution in [0, 0.1) is 0 Å². The van der Waals surface area contributed by atoms with Crippen molar-refractivity contribution in [3.63, 3.8) is 0 Å². The molecule has 2 aromatic heterocycles. The lowest BCUT2D eigenvalue weighted by Gasteiger charge is -2.29. The van der Waals surface area contributed by atoms with Crippen LogP contribution in [0.15, 0.2) is 72.0 Å². The van der Waals surface area contributed by atoms with Gasteiger partial charge in [-0.15, -0.1) is 12.6 Å². The Labute approximate surface area is 190 Å². The van der Waals surface area contributed by atoms with Gasteiger partial charge in [-0.1, -0.05) is 42.5 Å². The molecule has 4 aromatic rings. The van der Waals surface area contributed by atoms with Gasteiger partial charge in [-0.3, -0.25) is 0 Å². The summed E-state index contributed by atoms with van der Waals surface area (Å²) >= 11 is 4.62. The third-order valence-electron chi connectivity index (χ3n) is 6.30. The number of rotatable bonds is 5. The zero-order valence-electron chi connectivity index (χ0n) is 19.1. The molecule has 0 fully saturated rings. The van der Waals surface area contributed by atoms with Crippen LogP contribution in [0.2, 0.25) is 0 Å². The van der Waals surface area contributed by atoms with Gasteiger partial charge in [0.2, 0.25) is 0 Å². The third kappa shape index (κ3) is 3.72. The second-order valence-electron chi connectivity index (χ2n) is 9.27. The van der Waals surface area contributed by atoms with Crippen molar-refractivity contribution in [2.75, 3.05) is 0 Å². The van der Waals surface area contributed by atoms with E-state index in [1.165, 1.54) is 11.1 Å². The first-order chi connectivity index (χ1) is 14.6. The van der Waals surface area contributed by atoms with Gasteiger partial charge < -0.3 is 9.13 Å². The second-order valence-corrected chi connectivity index (χ2v) is 9.75. The minimum atomic E-state index is -0.272. The maximum atomic E-state index is 5.04. The third-order valence-corrected chi connectivity index (χ3v) is 6.69. The highest BCUT2D eigenvalue weighted by atomic mass is 32.1. The van der Waals surface area contributed by atoms with Crippen LogP contribution in [0.25, 0.3) is 11.3 Å². The van der Waals surface area contributed by atoms with E-state index in [1.54, 1.807) is 0 Å². The normalized spacial score (nSPS) is 12.4. The Morgan fingerprint density at radius 3 is 2.06 bits per heavy atom. The Kier molecular flexibility index (Phi) is 5.34. The van der Waals surface area contributed by atoms with Gasteiger partial charge in [0.1, 0.15) is 11.6 Å². The largest absolute Gasteiger partial charge is 0.337 e. The number of thiol groups is 1. The molecule has 0 N–H and O–H groups in total. The van der Waals surface area contributed by atoms with Gasteiger partial charge in [0.15, 0.2) is 0 Å². The van der Waals surface area contributed by atoms with E-state index in [1.807, 2.05) is 37.6 Å². The number of benzene rings is 2. The molecule has 4 nitrogen and oxygen atoms in total. The Morgan fingerprint density at radius 1 is 0.806 bits per heavy atom. The molecule has 2 aromatic carbocycles. The average molecular weight is 431 g/mol. The number of hydrogen-bond donors (Lipinski definition) is 1. The van der Waals surface area contributed by atoms with Crippen molar-refractivity contribution in [2.24, 2.45) is 14.1 Å². The molecule has 0 saturated heterocycles. The molecule has 4 rings (SSSR count). The molecule has 0 spiro atoms. The van der Waals surface area contributed by atoms with E-state index >= 15 is 0 Å². The van der Waals surface area contributed by atoms with Gasteiger partial charge in [-0.2, -0.15) is 0 Å². The minimum Gasteiger partial charge on any atom is -0.337 e. The first-order valence-electron chi connectivity index (χ1n) is 10.5. The van der Waals surface area contributed by atoms with E-state index in [2.05, 4.69) is 98.0 Å². The lowest BCUT2D eigenvalue weighted by Crippen LogP contribution is -2.27. The molecule has 0 aliphatic carbocycles. The fourth-order valence-electron chi connectivity index (χ4n) is 4.39. The summed E-state index contributed by atoms with van der Waals surface area (Å²) in [5.41, 5.74) is 3.98. The van der Waals surface area contributed by atoms with Crippen molar-refractivity contribution in [3.05, 3.63) is 89.9 Å². The molecule has 31 heavy (non-hydrogen) atoms. The van der Waals surface area contributed by atoms with Gasteiger partial charge in [0.05, 0.1) is 5.69 Å². The monoisotopic (exact) mass is 430 g/mol. The second kappa shape index (κ2) is 7.72. The van der Waals surface area contributed by atoms with Crippen LogP contribution in [0.1, 0.15) is 50.5 Å². The summed E-state index contributed by atoms with van der Waals surface area (Å²) in [5.74, 6) is 2.07. The molecule has 0 unspecified atom stereocenters. The zero-order chi connectivity index (χ0) is 22.4. The summed E-state index contributed by atoms with van der Waals surface area (Å²) in [6.45, 7) is 8.92. The summed E-state index contributed by atoms with van der Waals surface area (Å²) in [5, 5.41) is 0. The average Bonchev–Trinajstić information content (AvgIpc) is 3.34. The van der Waals surface area contributed by atoms with Crippen molar-refractivity contribution >= 4 is 12.6 Å². The summed E-state index contributed by atoms with van der Waals surface area (Å²) in [7, 11) is 4.11. The molecule has 0 amide bonds. The Morgan fingerprint density at radius 2 is 1.45 bits per heavy atom. The molecule has 160 valence electrons. The van der Waals surface area contributed by atoms with E-state index in [9.17, 15) is 0 Å². The number of nitrogens with zero attached hydrogens (tertiary/aromatic N) is 4. The topological polar surface area (TPSA) is 35.6 Å². The molecule has 0 aliphatic heterocycles. The highest BCUT2D eigenvalue weighted by molar-refractivity contribution is 7.80. The molecule has 0 radical (unpaired) electrons. The summed E-state index contributed by atoms with van der Waals surface area (Å²) in [6, 6.07) is 16.9. The Bertz CT molecular complexity index is 1230. The highest BCUT2D eigenvalue weighted by Crippen LogP contribution is 2.37. The SMILES string of the molecule is Cn1ccnc1C(C)(C)c1cccc(C(C)(C)c2nc(-c3ccccc3S)cn2C)c1. The smallest absolute Gasteiger partial charge is 0.119 e. The van der Waals surface area contributed by atoms with Crippen LogP contribution in [-0.4, -0.2) is 19.1 Å². The lowest BCUT2D eigenvalue weighted by molar-refractivity contribution is 0.545. The molecule has 2 heterocycles. The maximum Gasteiger partial charge on any atom is 0.119 e. The first-order valence-corrected chi connectivity index (χ1v) is 11.0. The maximum absolute atomic E-state index is 5.04. The number of aromatic nitrogens is 4. The molecule has 5 heteroatoms. The molecule has 0 atom stereocenters. The van der Waals surface area contributed by atoms with E-state index < -0.39 is 0 Å². The highest BCUT2D eigenvalue weighted by Gasteiger charge is 2.32. The number of aryl methyl sites for hydroxylation is 2. The van der Waals surface area contributed by atoms with Crippen LogP contribution >= 0.6 is 12.6 Å². The molecule has 0 bridgehead atoms. The van der Waals surface area contributed by atoms with Crippen LogP contribution in [-0.2, 0) is 24.9 Å². The number of hydrogen-bond acceptors (Lipinski definition) is 3. The summed E-state index contributed by atoms with van der Waals surface area (Å²) in [6.07, 6.45) is 5.95. The predicted octanol–water partition coefficient (Wildman–Crippen LogP) is 5.76. The van der Waals surface area contributed by atoms with Crippen LogP contribution < -0.4 is 0 Å². The van der Waals surface area contributed by atoms with Crippen LogP contribution in [0.3, 0.4) is 0 Å². The quantitative estimate of drug-likeness (QED) is 0.409. The van der Waals surface area contributed by atoms with E-state index in [0.29, 0.717) is 0 Å². The van der Waals surface area contributed by atoms with Gasteiger partial charge >= 0.3 is 0 Å². The lowest BCUT2D eigenvalue weighted by atomic mass is 9.78. The predicted molar refractivity (Wildman–Crippen MR) is 130 cm³/mol.